The number of halogens is 2. The van der Waals surface area contributed by atoms with Crippen LogP contribution in [0.2, 0.25) is 0 Å². The first-order valence-corrected chi connectivity index (χ1v) is 9.98. The van der Waals surface area contributed by atoms with Gasteiger partial charge in [-0.2, -0.15) is 1.33 Å². The quantitative estimate of drug-likeness (QED) is 0.353. The van der Waals surface area contributed by atoms with Gasteiger partial charge >= 0.3 is 106 Å². The molecule has 1 heterocycles. The molecule has 0 unspecified atom stereocenters. The Morgan fingerprint density at radius 2 is 2.05 bits per heavy atom. The number of imidazole rings is 1. The van der Waals surface area contributed by atoms with Gasteiger partial charge in [0.25, 0.3) is 0 Å². The molecule has 22 heavy (non-hydrogen) atoms. The van der Waals surface area contributed by atoms with E-state index in [-0.39, 0.29) is 0 Å². The predicted molar refractivity (Wildman–Crippen MR) is 102 cm³/mol. The summed E-state index contributed by atoms with van der Waals surface area (Å²) in [5.74, 6) is 0.907. The first kappa shape index (κ1) is 18.7. The van der Waals surface area contributed by atoms with Crippen molar-refractivity contribution in [1.29, 1.82) is 0 Å². The average molecular weight is 706 g/mol. The fourth-order valence-electron chi connectivity index (χ4n) is 1.85. The molecule has 1 saturated carbocycles. The molecule has 124 valence electrons. The normalized spacial score (nSPS) is 13.8. The molecule has 4 nitrogen and oxygen atoms in total. The second kappa shape index (κ2) is 8.99. The third kappa shape index (κ3) is 5.76. The first-order chi connectivity index (χ1) is 10.5. The molecule has 0 radical (unpaired) electrons. The van der Waals surface area contributed by atoms with E-state index >= 15 is 0 Å². The molecule has 0 bridgehead atoms. The molecule has 1 aliphatic carbocycles. The van der Waals surface area contributed by atoms with Gasteiger partial charge in [0, 0.05) is 51.8 Å². The molecule has 3 rings (SSSR count). The van der Waals surface area contributed by atoms with E-state index in [4.69, 9.17) is 4.74 Å². The fourth-order valence-corrected chi connectivity index (χ4v) is 3.48. The Hall–Kier alpha value is 0.338. The number of aromatic nitrogens is 2. The van der Waals surface area contributed by atoms with Crippen LogP contribution in [0.4, 0.5) is 0 Å². The Bertz CT molecular complexity index is 665. The van der Waals surface area contributed by atoms with Gasteiger partial charge in [0.15, 0.2) is 0 Å². The maximum atomic E-state index is 5.21. The Morgan fingerprint density at radius 3 is 2.50 bits per heavy atom. The van der Waals surface area contributed by atoms with Crippen molar-refractivity contribution in [2.24, 2.45) is 7.05 Å². The molecular weight excluding hydrogens is 687 g/mol. The Labute approximate surface area is 170 Å². The van der Waals surface area contributed by atoms with Gasteiger partial charge in [-0.15, -0.1) is 0 Å². The van der Waals surface area contributed by atoms with E-state index in [0.717, 1.165) is 18.3 Å². The average Bonchev–Trinajstić information content (AvgIpc) is 3.32. The SMILES string of the molecule is COc1cccc(Cn2ccn(C)[c]2=[Pt])c1.IN(I)C1CC1. The van der Waals surface area contributed by atoms with Gasteiger partial charge in [0.1, 0.15) is 0 Å². The summed E-state index contributed by atoms with van der Waals surface area (Å²) in [5.41, 5.74) is 1.24. The summed E-state index contributed by atoms with van der Waals surface area (Å²) in [7, 11) is 3.74. The van der Waals surface area contributed by atoms with Crippen LogP contribution < -0.4 is 4.74 Å². The Kier molecular flexibility index (Phi) is 7.63. The standard InChI is InChI=1S/C12H14N2O.C3H5I2N.Pt/c1-13-6-7-14(10-13)9-11-4-3-5-12(8-11)15-2;4-6(5)3-1-2-3;/h3-8H,9H2,1-2H3;3H,1-2H2;. The zero-order valence-electron chi connectivity index (χ0n) is 12.5. The van der Waals surface area contributed by atoms with Gasteiger partial charge in [0.05, 0.1) is 0 Å². The summed E-state index contributed by atoms with van der Waals surface area (Å²) in [6, 6.07) is 9.07. The third-order valence-electron chi connectivity index (χ3n) is 3.27. The predicted octanol–water partition coefficient (Wildman–Crippen LogP) is 4.11. The number of benzene rings is 1. The number of hydrogen-bond donors (Lipinski definition) is 0. The van der Waals surface area contributed by atoms with Crippen LogP contribution in [-0.4, -0.2) is 23.6 Å². The zero-order valence-corrected chi connectivity index (χ0v) is 19.1. The smallest absolute Gasteiger partial charge is 0.0311 e. The van der Waals surface area contributed by atoms with Crippen LogP contribution in [-0.2, 0) is 32.9 Å². The molecule has 2 aromatic rings. The van der Waals surface area contributed by atoms with Crippen LogP contribution in [0.1, 0.15) is 18.4 Å². The first-order valence-electron chi connectivity index (χ1n) is 6.92. The van der Waals surface area contributed by atoms with Crippen molar-refractivity contribution in [1.82, 2.24) is 10.5 Å². The molecule has 0 N–H and O–H groups in total. The van der Waals surface area contributed by atoms with E-state index in [0.29, 0.717) is 0 Å². The van der Waals surface area contributed by atoms with E-state index in [2.05, 4.69) is 100 Å². The summed E-state index contributed by atoms with van der Waals surface area (Å²) in [6.07, 6.45) is 6.96. The summed E-state index contributed by atoms with van der Waals surface area (Å²) in [4.78, 5) is 0. The van der Waals surface area contributed by atoms with Crippen molar-refractivity contribution in [3.05, 3.63) is 46.0 Å². The molecular formula is C15H19I2N3OPt. The number of aryl methyl sites for hydroxylation is 1. The second-order valence-electron chi connectivity index (χ2n) is 5.12. The Balaban J connectivity index is 0.000000246. The molecule has 0 saturated heterocycles. The topological polar surface area (TPSA) is 22.3 Å². The number of methoxy groups -OCH3 is 1. The molecule has 1 aromatic heterocycles. The minimum Gasteiger partial charge on any atom is -0.185 e. The Morgan fingerprint density at radius 1 is 1.32 bits per heavy atom. The van der Waals surface area contributed by atoms with Crippen LogP contribution in [0.25, 0.3) is 0 Å². The summed E-state index contributed by atoms with van der Waals surface area (Å²) >= 11 is 6.95. The van der Waals surface area contributed by atoms with E-state index in [1.165, 1.54) is 22.2 Å². The van der Waals surface area contributed by atoms with Gasteiger partial charge in [0.2, 0.25) is 0 Å². The zero-order chi connectivity index (χ0) is 16.1. The molecule has 0 aliphatic heterocycles. The van der Waals surface area contributed by atoms with E-state index in [9.17, 15) is 0 Å². The second-order valence-corrected chi connectivity index (χ2v) is 10.1. The third-order valence-corrected chi connectivity index (χ3v) is 6.30. The van der Waals surface area contributed by atoms with Gasteiger partial charge in [-0.3, -0.25) is 0 Å². The molecule has 1 aliphatic rings. The van der Waals surface area contributed by atoms with E-state index in [1.54, 1.807) is 7.11 Å². The van der Waals surface area contributed by atoms with Crippen LogP contribution >= 0.6 is 45.7 Å². The minimum atomic E-state index is 0.872. The maximum Gasteiger partial charge on any atom is 0.0311 e. The van der Waals surface area contributed by atoms with E-state index in [1.807, 2.05) is 19.2 Å². The van der Waals surface area contributed by atoms with Crippen molar-refractivity contribution in [2.45, 2.75) is 25.4 Å². The van der Waals surface area contributed by atoms with Crippen molar-refractivity contribution in [3.8, 4) is 5.75 Å². The van der Waals surface area contributed by atoms with Crippen molar-refractivity contribution < 1.29 is 24.1 Å². The summed E-state index contributed by atoms with van der Waals surface area (Å²) in [6.45, 7) is 0.872. The molecule has 0 atom stereocenters. The molecule has 7 heteroatoms. The number of hydrogen-bond acceptors (Lipinski definition) is 2. The van der Waals surface area contributed by atoms with Crippen LogP contribution in [0.5, 0.6) is 5.75 Å². The van der Waals surface area contributed by atoms with Gasteiger partial charge in [-0.25, -0.2) is 0 Å². The van der Waals surface area contributed by atoms with Crippen LogP contribution in [0, 0.1) is 3.80 Å². The summed E-state index contributed by atoms with van der Waals surface area (Å²) < 4.78 is 12.9. The monoisotopic (exact) mass is 706 g/mol. The van der Waals surface area contributed by atoms with Gasteiger partial charge in [-0.05, 0) is 12.8 Å². The number of ether oxygens (including phenoxy) is 1. The van der Waals surface area contributed by atoms with Crippen LogP contribution in [0.15, 0.2) is 36.7 Å². The van der Waals surface area contributed by atoms with Crippen molar-refractivity contribution >= 4 is 45.7 Å². The number of nitrogens with zero attached hydrogens (tertiary/aromatic N) is 3. The van der Waals surface area contributed by atoms with Crippen molar-refractivity contribution in [3.63, 3.8) is 0 Å². The fraction of sp³-hybridized carbons (Fsp3) is 0.400. The van der Waals surface area contributed by atoms with Crippen LogP contribution in [0.3, 0.4) is 0 Å². The van der Waals surface area contributed by atoms with Gasteiger partial charge in [-0.1, -0.05) is 0 Å². The maximum absolute atomic E-state index is 5.21. The molecule has 0 spiro atoms. The largest absolute Gasteiger partial charge is 0.185 e. The van der Waals surface area contributed by atoms with Gasteiger partial charge < -0.3 is 0 Å². The number of rotatable bonds is 4. The molecule has 1 aromatic carbocycles. The van der Waals surface area contributed by atoms with Crippen molar-refractivity contribution in [2.75, 3.05) is 7.11 Å². The van der Waals surface area contributed by atoms with E-state index < -0.39 is 0 Å². The molecule has 0 amide bonds. The minimum absolute atomic E-state index is 0.872. The molecule has 1 fully saturated rings. The summed E-state index contributed by atoms with van der Waals surface area (Å²) in [5, 5.41) is 0.